The summed E-state index contributed by atoms with van der Waals surface area (Å²) in [5, 5.41) is 0. The Labute approximate surface area is 57.7 Å². The third-order valence-electron chi connectivity index (χ3n) is 1.87. The Kier molecular flexibility index (Phi) is 0.952. The minimum atomic E-state index is -0.257. The third kappa shape index (κ3) is 0.602. The maximum atomic E-state index is 10.9. The minimum Gasteiger partial charge on any atom is -0.457 e. The predicted molar refractivity (Wildman–Crippen MR) is 32.1 cm³/mol. The second-order valence-corrected chi connectivity index (χ2v) is 2.53. The summed E-state index contributed by atoms with van der Waals surface area (Å²) in [5.41, 5.74) is 0. The van der Waals surface area contributed by atoms with E-state index in [1.165, 1.54) is 6.08 Å². The van der Waals surface area contributed by atoms with Gasteiger partial charge >= 0.3 is 5.97 Å². The fourth-order valence-electron chi connectivity index (χ4n) is 1.33. The quantitative estimate of drug-likeness (QED) is 0.444. The van der Waals surface area contributed by atoms with Crippen molar-refractivity contribution in [1.82, 2.24) is 0 Å². The van der Waals surface area contributed by atoms with Gasteiger partial charge < -0.3 is 4.74 Å². The molecule has 0 aromatic carbocycles. The van der Waals surface area contributed by atoms with Gasteiger partial charge in [-0.25, -0.2) is 0 Å². The van der Waals surface area contributed by atoms with Crippen molar-refractivity contribution >= 4 is 11.8 Å². The minimum absolute atomic E-state index is 0.0239. The average molecular weight is 138 g/mol. The van der Waals surface area contributed by atoms with Gasteiger partial charge in [-0.05, 0) is 12.2 Å². The zero-order valence-electron chi connectivity index (χ0n) is 5.24. The summed E-state index contributed by atoms with van der Waals surface area (Å²) < 4.78 is 4.81. The molecule has 0 bridgehead atoms. The number of esters is 1. The Morgan fingerprint density at radius 3 is 3.00 bits per heavy atom. The molecule has 3 nitrogen and oxygen atoms in total. The molecule has 1 saturated heterocycles. The maximum Gasteiger partial charge on any atom is 0.307 e. The highest BCUT2D eigenvalue weighted by Crippen LogP contribution is 2.28. The highest BCUT2D eigenvalue weighted by Gasteiger charge is 2.40. The van der Waals surface area contributed by atoms with Gasteiger partial charge in [-0.15, -0.1) is 0 Å². The van der Waals surface area contributed by atoms with Gasteiger partial charge in [-0.1, -0.05) is 0 Å². The number of ether oxygens (including phenoxy) is 1. The molecule has 0 radical (unpaired) electrons. The van der Waals surface area contributed by atoms with Crippen molar-refractivity contribution in [2.24, 2.45) is 5.92 Å². The van der Waals surface area contributed by atoms with E-state index < -0.39 is 0 Å². The standard InChI is InChI=1S/C7H6O3/c8-5-1-2-6-4(5)3-7(9)10-6/h1-2,4,6H,3H2. The number of carbonyl (C=O) groups is 2. The SMILES string of the molecule is O=C1CC2C(=O)C=CC2O1. The second-order valence-electron chi connectivity index (χ2n) is 2.53. The predicted octanol–water partition coefficient (Wildman–Crippen LogP) is 0.0570. The Balaban J connectivity index is 2.26. The van der Waals surface area contributed by atoms with E-state index >= 15 is 0 Å². The molecule has 2 rings (SSSR count). The molecule has 2 aliphatic rings. The first-order valence-electron chi connectivity index (χ1n) is 3.19. The Morgan fingerprint density at radius 2 is 2.30 bits per heavy atom. The van der Waals surface area contributed by atoms with Crippen molar-refractivity contribution in [2.75, 3.05) is 0 Å². The van der Waals surface area contributed by atoms with Crippen LogP contribution in [0.5, 0.6) is 0 Å². The number of allylic oxidation sites excluding steroid dienone is 1. The van der Waals surface area contributed by atoms with Crippen molar-refractivity contribution in [1.29, 1.82) is 0 Å². The van der Waals surface area contributed by atoms with Crippen LogP contribution >= 0.6 is 0 Å². The summed E-state index contributed by atoms with van der Waals surface area (Å²) >= 11 is 0. The van der Waals surface area contributed by atoms with Gasteiger partial charge in [0.2, 0.25) is 0 Å². The van der Waals surface area contributed by atoms with Crippen molar-refractivity contribution in [3.05, 3.63) is 12.2 Å². The lowest BCUT2D eigenvalue weighted by molar-refractivity contribution is -0.139. The number of ketones is 1. The fraction of sp³-hybridized carbons (Fsp3) is 0.429. The van der Waals surface area contributed by atoms with E-state index in [-0.39, 0.29) is 30.2 Å². The van der Waals surface area contributed by atoms with Gasteiger partial charge in [0.05, 0.1) is 12.3 Å². The van der Waals surface area contributed by atoms with E-state index in [1.54, 1.807) is 6.08 Å². The first-order valence-corrected chi connectivity index (χ1v) is 3.19. The lowest BCUT2D eigenvalue weighted by atomic mass is 10.0. The number of carbonyl (C=O) groups excluding carboxylic acids is 2. The van der Waals surface area contributed by atoms with Gasteiger partial charge in [-0.2, -0.15) is 0 Å². The Bertz CT molecular complexity index is 229. The van der Waals surface area contributed by atoms with Crippen LogP contribution in [0.15, 0.2) is 12.2 Å². The Morgan fingerprint density at radius 1 is 1.50 bits per heavy atom. The van der Waals surface area contributed by atoms with Gasteiger partial charge in [-0.3, -0.25) is 9.59 Å². The summed E-state index contributed by atoms with van der Waals surface area (Å²) in [6, 6.07) is 0. The molecule has 0 aromatic heterocycles. The van der Waals surface area contributed by atoms with Crippen LogP contribution < -0.4 is 0 Å². The summed E-state index contributed by atoms with van der Waals surface area (Å²) in [5.74, 6) is -0.434. The first-order chi connectivity index (χ1) is 4.77. The smallest absolute Gasteiger partial charge is 0.307 e. The van der Waals surface area contributed by atoms with Crippen LogP contribution in [0, 0.1) is 5.92 Å². The fourth-order valence-corrected chi connectivity index (χ4v) is 1.33. The van der Waals surface area contributed by atoms with Gasteiger partial charge in [0.15, 0.2) is 5.78 Å². The molecular weight excluding hydrogens is 132 g/mol. The molecule has 0 N–H and O–H groups in total. The molecular formula is C7H6O3. The highest BCUT2D eigenvalue weighted by molar-refractivity contribution is 5.98. The highest BCUT2D eigenvalue weighted by atomic mass is 16.5. The molecule has 1 aliphatic heterocycles. The molecule has 0 aromatic rings. The molecule has 1 heterocycles. The molecule has 1 aliphatic carbocycles. The van der Waals surface area contributed by atoms with Crippen LogP contribution in [0.4, 0.5) is 0 Å². The molecule has 1 fully saturated rings. The molecule has 0 amide bonds. The van der Waals surface area contributed by atoms with Crippen LogP contribution in [-0.2, 0) is 14.3 Å². The molecule has 52 valence electrons. The normalized spacial score (nSPS) is 36.4. The molecule has 10 heavy (non-hydrogen) atoms. The van der Waals surface area contributed by atoms with Crippen LogP contribution in [0.2, 0.25) is 0 Å². The van der Waals surface area contributed by atoms with E-state index in [1.807, 2.05) is 0 Å². The van der Waals surface area contributed by atoms with E-state index in [2.05, 4.69) is 0 Å². The van der Waals surface area contributed by atoms with Crippen LogP contribution in [-0.4, -0.2) is 17.9 Å². The summed E-state index contributed by atoms with van der Waals surface area (Å²) in [4.78, 5) is 21.5. The zero-order chi connectivity index (χ0) is 7.14. The number of rotatable bonds is 0. The van der Waals surface area contributed by atoms with Gasteiger partial charge in [0, 0.05) is 0 Å². The number of fused-ring (bicyclic) bond motifs is 1. The molecule has 3 heteroatoms. The van der Waals surface area contributed by atoms with E-state index in [4.69, 9.17) is 4.74 Å². The van der Waals surface area contributed by atoms with Crippen molar-refractivity contribution in [2.45, 2.75) is 12.5 Å². The van der Waals surface area contributed by atoms with Crippen molar-refractivity contribution in [3.8, 4) is 0 Å². The maximum absolute atomic E-state index is 10.9. The summed E-state index contributed by atoms with van der Waals surface area (Å²) in [6.07, 6.45) is 3.15. The van der Waals surface area contributed by atoms with Crippen LogP contribution in [0.1, 0.15) is 6.42 Å². The first kappa shape index (κ1) is 5.65. The Hall–Kier alpha value is -1.12. The van der Waals surface area contributed by atoms with Gasteiger partial charge in [0.1, 0.15) is 6.10 Å². The molecule has 0 saturated carbocycles. The second kappa shape index (κ2) is 1.68. The third-order valence-corrected chi connectivity index (χ3v) is 1.87. The van der Waals surface area contributed by atoms with E-state index in [0.29, 0.717) is 0 Å². The molecule has 2 unspecified atom stereocenters. The van der Waals surface area contributed by atoms with Crippen molar-refractivity contribution in [3.63, 3.8) is 0 Å². The van der Waals surface area contributed by atoms with Crippen LogP contribution in [0.3, 0.4) is 0 Å². The topological polar surface area (TPSA) is 43.4 Å². The summed E-state index contributed by atoms with van der Waals surface area (Å²) in [7, 11) is 0. The molecule has 0 spiro atoms. The molecule has 2 atom stereocenters. The number of hydrogen-bond donors (Lipinski definition) is 0. The largest absolute Gasteiger partial charge is 0.457 e. The van der Waals surface area contributed by atoms with Crippen LogP contribution in [0.25, 0.3) is 0 Å². The lowest BCUT2D eigenvalue weighted by Crippen LogP contribution is -2.13. The monoisotopic (exact) mass is 138 g/mol. The lowest BCUT2D eigenvalue weighted by Gasteiger charge is -2.01. The average Bonchev–Trinajstić information content (AvgIpc) is 2.35. The summed E-state index contributed by atoms with van der Waals surface area (Å²) in [6.45, 7) is 0. The van der Waals surface area contributed by atoms with E-state index in [9.17, 15) is 9.59 Å². The van der Waals surface area contributed by atoms with E-state index in [0.717, 1.165) is 0 Å². The number of hydrogen-bond acceptors (Lipinski definition) is 3. The van der Waals surface area contributed by atoms with Gasteiger partial charge in [0.25, 0.3) is 0 Å². The zero-order valence-corrected chi connectivity index (χ0v) is 5.24. The van der Waals surface area contributed by atoms with Crippen molar-refractivity contribution < 1.29 is 14.3 Å².